The average molecular weight is 466 g/mol. The minimum atomic E-state index is -0.552. The lowest BCUT2D eigenvalue weighted by Crippen LogP contribution is -2.40. The quantitative estimate of drug-likeness (QED) is 0.398. The number of nitrogens with two attached hydrogens (primary N) is 1. The van der Waals surface area contributed by atoms with E-state index in [1.807, 2.05) is 18.2 Å². The van der Waals surface area contributed by atoms with Crippen molar-refractivity contribution in [3.05, 3.63) is 77.6 Å². The van der Waals surface area contributed by atoms with Gasteiger partial charge < -0.3 is 10.6 Å². The first-order valence-corrected chi connectivity index (χ1v) is 12.1. The van der Waals surface area contributed by atoms with E-state index in [9.17, 15) is 9.65 Å². The molecule has 1 saturated heterocycles. The highest BCUT2D eigenvalue weighted by Gasteiger charge is 2.21. The number of rotatable bonds is 4. The first-order valence-electron chi connectivity index (χ1n) is 12.1. The van der Waals surface area contributed by atoms with Crippen LogP contribution in [-0.2, 0) is 0 Å². The fraction of sp³-hybridized carbons (Fsp3) is 0.276. The van der Waals surface area contributed by atoms with E-state index in [1.54, 1.807) is 6.07 Å². The van der Waals surface area contributed by atoms with E-state index in [0.717, 1.165) is 48.0 Å². The molecule has 1 fully saturated rings. The highest BCUT2D eigenvalue weighted by Crippen LogP contribution is 2.35. The smallest absolute Gasteiger partial charge is 0.226 e. The molecule has 2 heterocycles. The Balaban J connectivity index is 1.71. The van der Waals surface area contributed by atoms with Crippen molar-refractivity contribution >= 4 is 16.9 Å². The first-order chi connectivity index (χ1) is 16.9. The van der Waals surface area contributed by atoms with Crippen LogP contribution in [0.3, 0.4) is 0 Å². The van der Waals surface area contributed by atoms with Crippen molar-refractivity contribution in [2.75, 3.05) is 18.0 Å². The second-order valence-corrected chi connectivity index (χ2v) is 9.48. The number of halogens is 1. The number of fused-ring (bicyclic) bond motifs is 1. The van der Waals surface area contributed by atoms with Crippen molar-refractivity contribution < 1.29 is 4.39 Å². The predicted octanol–water partition coefficient (Wildman–Crippen LogP) is 6.03. The topological polar surface area (TPSA) is 78.8 Å². The number of hydrogen-bond acceptors (Lipinski definition) is 5. The number of nitriles is 1. The van der Waals surface area contributed by atoms with Crippen molar-refractivity contribution in [3.8, 4) is 28.5 Å². The van der Waals surface area contributed by atoms with Gasteiger partial charge in [0.2, 0.25) is 5.95 Å². The molecule has 3 aromatic carbocycles. The Bertz CT molecular complexity index is 1430. The standard InChI is InChI=1S/C29H28FN5/c1-18(2)23-5-3-4-6-24(23)19-9-10-27-25(15-19)28(20-7-8-21(17-31)26(30)16-20)34-29(33-27)35-13-11-22(32)12-14-35/h3-10,15-16,18,22H,11-14,32H2,1-2H3. The molecule has 0 radical (unpaired) electrons. The van der Waals surface area contributed by atoms with Gasteiger partial charge in [-0.2, -0.15) is 5.26 Å². The van der Waals surface area contributed by atoms with Crippen LogP contribution in [0.1, 0.15) is 43.7 Å². The van der Waals surface area contributed by atoms with Gasteiger partial charge in [-0.25, -0.2) is 14.4 Å². The van der Waals surface area contributed by atoms with E-state index in [4.69, 9.17) is 15.7 Å². The van der Waals surface area contributed by atoms with E-state index >= 15 is 0 Å². The maximum absolute atomic E-state index is 14.6. The second-order valence-electron chi connectivity index (χ2n) is 9.48. The predicted molar refractivity (Wildman–Crippen MR) is 139 cm³/mol. The van der Waals surface area contributed by atoms with Gasteiger partial charge >= 0.3 is 0 Å². The fourth-order valence-electron chi connectivity index (χ4n) is 4.76. The number of nitrogens with zero attached hydrogens (tertiary/aromatic N) is 4. The Hall–Kier alpha value is -3.82. The zero-order valence-corrected chi connectivity index (χ0v) is 20.0. The molecule has 0 spiro atoms. The molecule has 35 heavy (non-hydrogen) atoms. The van der Waals surface area contributed by atoms with Gasteiger partial charge in [-0.1, -0.05) is 50.2 Å². The van der Waals surface area contributed by atoms with Gasteiger partial charge in [0.05, 0.1) is 16.8 Å². The van der Waals surface area contributed by atoms with Gasteiger partial charge in [0.15, 0.2) is 0 Å². The Morgan fingerprint density at radius 2 is 1.74 bits per heavy atom. The molecule has 0 atom stereocenters. The third-order valence-corrected chi connectivity index (χ3v) is 6.76. The maximum atomic E-state index is 14.6. The molecule has 176 valence electrons. The summed E-state index contributed by atoms with van der Waals surface area (Å²) in [5, 5.41) is 10.0. The highest BCUT2D eigenvalue weighted by atomic mass is 19.1. The first kappa shape index (κ1) is 22.9. The maximum Gasteiger partial charge on any atom is 0.226 e. The molecule has 5 rings (SSSR count). The Kier molecular flexibility index (Phi) is 6.19. The van der Waals surface area contributed by atoms with Crippen LogP contribution in [0.15, 0.2) is 60.7 Å². The van der Waals surface area contributed by atoms with Crippen LogP contribution in [-0.4, -0.2) is 29.1 Å². The lowest BCUT2D eigenvalue weighted by atomic mass is 9.91. The normalized spacial score (nSPS) is 14.5. The van der Waals surface area contributed by atoms with Crippen molar-refractivity contribution in [1.82, 2.24) is 9.97 Å². The van der Waals surface area contributed by atoms with Gasteiger partial charge in [-0.05, 0) is 59.7 Å². The molecule has 0 bridgehead atoms. The van der Waals surface area contributed by atoms with Crippen LogP contribution in [0.25, 0.3) is 33.3 Å². The summed E-state index contributed by atoms with van der Waals surface area (Å²) in [7, 11) is 0. The summed E-state index contributed by atoms with van der Waals surface area (Å²) in [6, 6.07) is 21.4. The van der Waals surface area contributed by atoms with Crippen molar-refractivity contribution in [2.45, 2.75) is 38.6 Å². The molecule has 0 unspecified atom stereocenters. The zero-order valence-electron chi connectivity index (χ0n) is 20.0. The van der Waals surface area contributed by atoms with Crippen LogP contribution < -0.4 is 10.6 Å². The van der Waals surface area contributed by atoms with E-state index in [2.05, 4.69) is 49.1 Å². The number of piperidine rings is 1. The van der Waals surface area contributed by atoms with Crippen LogP contribution in [0.5, 0.6) is 0 Å². The molecule has 5 nitrogen and oxygen atoms in total. The zero-order chi connectivity index (χ0) is 24.5. The summed E-state index contributed by atoms with van der Waals surface area (Å²) in [6.45, 7) is 5.94. The van der Waals surface area contributed by atoms with Gasteiger partial charge in [-0.3, -0.25) is 0 Å². The van der Waals surface area contributed by atoms with Gasteiger partial charge in [0, 0.05) is 30.1 Å². The summed E-state index contributed by atoms with van der Waals surface area (Å²) in [4.78, 5) is 12.0. The molecule has 1 aliphatic heterocycles. The van der Waals surface area contributed by atoms with E-state index in [1.165, 1.54) is 17.7 Å². The van der Waals surface area contributed by atoms with E-state index in [0.29, 0.717) is 23.1 Å². The molecule has 1 aliphatic rings. The van der Waals surface area contributed by atoms with Crippen LogP contribution >= 0.6 is 0 Å². The lowest BCUT2D eigenvalue weighted by molar-refractivity contribution is 0.496. The second kappa shape index (κ2) is 9.44. The summed E-state index contributed by atoms with van der Waals surface area (Å²) in [5.41, 5.74) is 11.7. The minimum absolute atomic E-state index is 0.0175. The van der Waals surface area contributed by atoms with Crippen LogP contribution in [0.4, 0.5) is 10.3 Å². The molecular weight excluding hydrogens is 437 g/mol. The SMILES string of the molecule is CC(C)c1ccccc1-c1ccc2nc(N3CCC(N)CC3)nc(-c3ccc(C#N)c(F)c3)c2c1. The monoisotopic (exact) mass is 465 g/mol. The number of anilines is 1. The molecule has 2 N–H and O–H groups in total. The van der Waals surface area contributed by atoms with E-state index < -0.39 is 5.82 Å². The number of benzene rings is 3. The van der Waals surface area contributed by atoms with Gasteiger partial charge in [0.1, 0.15) is 11.9 Å². The van der Waals surface area contributed by atoms with Crippen LogP contribution in [0, 0.1) is 17.1 Å². The molecule has 0 saturated carbocycles. The third-order valence-electron chi connectivity index (χ3n) is 6.76. The molecule has 4 aromatic rings. The van der Waals surface area contributed by atoms with Crippen molar-refractivity contribution in [3.63, 3.8) is 0 Å². The number of aromatic nitrogens is 2. The molecule has 0 aliphatic carbocycles. The Labute approximate surface area is 205 Å². The third kappa shape index (κ3) is 4.48. The summed E-state index contributed by atoms with van der Waals surface area (Å²) >= 11 is 0. The van der Waals surface area contributed by atoms with Gasteiger partial charge in [0.25, 0.3) is 0 Å². The van der Waals surface area contributed by atoms with Crippen molar-refractivity contribution in [2.24, 2.45) is 5.73 Å². The molecule has 6 heteroatoms. The van der Waals surface area contributed by atoms with Crippen molar-refractivity contribution in [1.29, 1.82) is 5.26 Å². The Morgan fingerprint density at radius 3 is 2.46 bits per heavy atom. The van der Waals surface area contributed by atoms with Crippen LogP contribution in [0.2, 0.25) is 0 Å². The Morgan fingerprint density at radius 1 is 1.00 bits per heavy atom. The summed E-state index contributed by atoms with van der Waals surface area (Å²) in [6.07, 6.45) is 1.76. The molecule has 1 aromatic heterocycles. The van der Waals surface area contributed by atoms with E-state index in [-0.39, 0.29) is 11.6 Å². The molecule has 0 amide bonds. The largest absolute Gasteiger partial charge is 0.341 e. The fourth-order valence-corrected chi connectivity index (χ4v) is 4.76. The minimum Gasteiger partial charge on any atom is -0.341 e. The summed E-state index contributed by atoms with van der Waals surface area (Å²) < 4.78 is 14.6. The van der Waals surface area contributed by atoms with Gasteiger partial charge in [-0.15, -0.1) is 0 Å². The highest BCUT2D eigenvalue weighted by molar-refractivity contribution is 5.96. The lowest BCUT2D eigenvalue weighted by Gasteiger charge is -2.30. The average Bonchev–Trinajstić information content (AvgIpc) is 2.88. The number of hydrogen-bond donors (Lipinski definition) is 1. The summed E-state index contributed by atoms with van der Waals surface area (Å²) in [5.74, 6) is 0.446. The molecular formula is C29H28FN5.